The third kappa shape index (κ3) is 3.08. The molecule has 140 valence electrons. The van der Waals surface area contributed by atoms with Crippen LogP contribution in [0.2, 0.25) is 0 Å². The molecule has 0 spiro atoms. The number of rotatable bonds is 3. The Kier molecular flexibility index (Phi) is 4.62. The van der Waals surface area contributed by atoms with Crippen LogP contribution in [0.15, 0.2) is 45.6 Å². The number of phenols is 2. The molecule has 1 aliphatic rings. The average molecular weight is 366 g/mol. The van der Waals surface area contributed by atoms with Gasteiger partial charge in [-0.05, 0) is 42.5 Å². The lowest BCUT2D eigenvalue weighted by atomic mass is 9.81. The average Bonchev–Trinajstić information content (AvgIpc) is 2.68. The maximum Gasteiger partial charge on any atom is 0.197 e. The molecule has 0 aliphatic heterocycles. The number of benzene rings is 2. The lowest BCUT2D eigenvalue weighted by molar-refractivity contribution is 0.278. The third-order valence-electron chi connectivity index (χ3n) is 5.46. The molecule has 0 radical (unpaired) electrons. The van der Waals surface area contributed by atoms with Crippen molar-refractivity contribution in [1.29, 1.82) is 0 Å². The van der Waals surface area contributed by atoms with Gasteiger partial charge in [0.25, 0.3) is 0 Å². The second kappa shape index (κ2) is 7.08. The molecule has 1 heterocycles. The van der Waals surface area contributed by atoms with E-state index in [1.807, 2.05) is 0 Å². The molecule has 4 rings (SSSR count). The van der Waals surface area contributed by atoms with E-state index in [4.69, 9.17) is 4.42 Å². The third-order valence-corrected chi connectivity index (χ3v) is 5.46. The summed E-state index contributed by atoms with van der Waals surface area (Å²) in [4.78, 5) is 12.8. The first-order chi connectivity index (χ1) is 13.1. The van der Waals surface area contributed by atoms with E-state index in [9.17, 15) is 20.1 Å². The summed E-state index contributed by atoms with van der Waals surface area (Å²) in [6.45, 7) is -0.236. The zero-order chi connectivity index (χ0) is 19.0. The summed E-state index contributed by atoms with van der Waals surface area (Å²) < 4.78 is 6.09. The van der Waals surface area contributed by atoms with Crippen LogP contribution in [0, 0.1) is 0 Å². The lowest BCUT2D eigenvalue weighted by Gasteiger charge is -2.25. The van der Waals surface area contributed by atoms with Gasteiger partial charge < -0.3 is 19.7 Å². The van der Waals surface area contributed by atoms with Gasteiger partial charge in [-0.25, -0.2) is 0 Å². The Morgan fingerprint density at radius 2 is 1.74 bits per heavy atom. The zero-order valence-electron chi connectivity index (χ0n) is 14.9. The first kappa shape index (κ1) is 17.6. The summed E-state index contributed by atoms with van der Waals surface area (Å²) in [6, 6.07) is 9.42. The van der Waals surface area contributed by atoms with Crippen LogP contribution >= 0.6 is 0 Å². The summed E-state index contributed by atoms with van der Waals surface area (Å²) in [6.07, 6.45) is 5.26. The van der Waals surface area contributed by atoms with Crippen LogP contribution in [-0.2, 0) is 6.61 Å². The highest BCUT2D eigenvalue weighted by Gasteiger charge is 2.25. The fourth-order valence-corrected chi connectivity index (χ4v) is 4.17. The molecule has 3 N–H and O–H groups in total. The maximum atomic E-state index is 12.8. The molecule has 0 saturated heterocycles. The molecule has 0 bridgehead atoms. The number of hydrogen-bond donors (Lipinski definition) is 3. The molecule has 3 aromatic rings. The van der Waals surface area contributed by atoms with Crippen LogP contribution in [0.3, 0.4) is 0 Å². The number of para-hydroxylation sites is 1. The second-order valence-electron chi connectivity index (χ2n) is 7.16. The molecule has 1 fully saturated rings. The van der Waals surface area contributed by atoms with Crippen LogP contribution in [0.4, 0.5) is 0 Å². The van der Waals surface area contributed by atoms with E-state index in [1.54, 1.807) is 18.2 Å². The van der Waals surface area contributed by atoms with Gasteiger partial charge in [-0.2, -0.15) is 0 Å². The van der Waals surface area contributed by atoms with E-state index in [0.717, 1.165) is 31.2 Å². The Hall–Kier alpha value is -2.79. The standard InChI is InChI=1S/C22H22O5/c23-12-14-10-17(25)21-18(26)11-19(15-8-4-5-9-16(15)24)27-22(21)20(14)13-6-2-1-3-7-13/h4-5,8-11,13,23-25H,1-3,6-7,12H2. The number of hydrogen-bond acceptors (Lipinski definition) is 5. The zero-order valence-corrected chi connectivity index (χ0v) is 14.9. The molecule has 1 saturated carbocycles. The van der Waals surface area contributed by atoms with E-state index >= 15 is 0 Å². The summed E-state index contributed by atoms with van der Waals surface area (Å²) in [5.41, 5.74) is 1.76. The van der Waals surface area contributed by atoms with Crippen molar-refractivity contribution < 1.29 is 19.7 Å². The van der Waals surface area contributed by atoms with Gasteiger partial charge in [-0.15, -0.1) is 0 Å². The quantitative estimate of drug-likeness (QED) is 0.639. The molecular formula is C22H22O5. The predicted octanol–water partition coefficient (Wildman–Crippen LogP) is 4.41. The minimum Gasteiger partial charge on any atom is -0.507 e. The largest absolute Gasteiger partial charge is 0.507 e. The molecule has 1 aliphatic carbocycles. The van der Waals surface area contributed by atoms with Crippen molar-refractivity contribution in [3.63, 3.8) is 0 Å². The number of aliphatic hydroxyl groups excluding tert-OH is 1. The van der Waals surface area contributed by atoms with Gasteiger partial charge in [0, 0.05) is 11.6 Å². The summed E-state index contributed by atoms with van der Waals surface area (Å²) in [5.74, 6) is 0.247. The molecule has 0 atom stereocenters. The Morgan fingerprint density at radius 3 is 2.44 bits per heavy atom. The Morgan fingerprint density at radius 1 is 1.00 bits per heavy atom. The molecule has 0 unspecified atom stereocenters. The lowest BCUT2D eigenvalue weighted by Crippen LogP contribution is -2.11. The minimum absolute atomic E-state index is 0.0155. The first-order valence-corrected chi connectivity index (χ1v) is 9.32. The molecule has 5 nitrogen and oxygen atoms in total. The minimum atomic E-state index is -0.367. The Bertz CT molecular complexity index is 1040. The number of aromatic hydroxyl groups is 2. The van der Waals surface area contributed by atoms with Crippen molar-refractivity contribution in [2.45, 2.75) is 44.6 Å². The van der Waals surface area contributed by atoms with Crippen LogP contribution in [0.1, 0.15) is 49.1 Å². The monoisotopic (exact) mass is 366 g/mol. The van der Waals surface area contributed by atoms with Gasteiger partial charge >= 0.3 is 0 Å². The van der Waals surface area contributed by atoms with Gasteiger partial charge in [0.05, 0.1) is 12.2 Å². The normalized spacial score (nSPS) is 15.3. The fraction of sp³-hybridized carbons (Fsp3) is 0.318. The summed E-state index contributed by atoms with van der Waals surface area (Å²) >= 11 is 0. The molecular weight excluding hydrogens is 344 g/mol. The van der Waals surface area contributed by atoms with Gasteiger partial charge in [0.1, 0.15) is 28.2 Å². The fourth-order valence-electron chi connectivity index (χ4n) is 4.17. The Balaban J connectivity index is 2.03. The smallest absolute Gasteiger partial charge is 0.197 e. The highest BCUT2D eigenvalue weighted by molar-refractivity contribution is 5.89. The van der Waals surface area contributed by atoms with Gasteiger partial charge in [0.2, 0.25) is 0 Å². The number of phenolic OH excluding ortho intramolecular Hbond substituents is 2. The predicted molar refractivity (Wildman–Crippen MR) is 103 cm³/mol. The van der Waals surface area contributed by atoms with E-state index < -0.39 is 0 Å². The van der Waals surface area contributed by atoms with Crippen molar-refractivity contribution in [2.24, 2.45) is 0 Å². The van der Waals surface area contributed by atoms with E-state index in [0.29, 0.717) is 16.7 Å². The molecule has 0 amide bonds. The van der Waals surface area contributed by atoms with Crippen molar-refractivity contribution >= 4 is 11.0 Å². The van der Waals surface area contributed by atoms with Gasteiger partial charge in [-0.3, -0.25) is 4.79 Å². The molecule has 27 heavy (non-hydrogen) atoms. The number of fused-ring (bicyclic) bond motifs is 1. The highest BCUT2D eigenvalue weighted by atomic mass is 16.3. The van der Waals surface area contributed by atoms with Crippen LogP contribution in [0.5, 0.6) is 11.5 Å². The van der Waals surface area contributed by atoms with E-state index in [-0.39, 0.29) is 40.6 Å². The molecule has 2 aromatic carbocycles. The summed E-state index contributed by atoms with van der Waals surface area (Å²) in [7, 11) is 0. The Labute approximate surface area is 156 Å². The van der Waals surface area contributed by atoms with Crippen LogP contribution < -0.4 is 5.43 Å². The van der Waals surface area contributed by atoms with Crippen molar-refractivity contribution in [3.05, 3.63) is 57.7 Å². The molecule has 5 heteroatoms. The second-order valence-corrected chi connectivity index (χ2v) is 7.16. The summed E-state index contributed by atoms with van der Waals surface area (Å²) in [5, 5.41) is 30.5. The van der Waals surface area contributed by atoms with Crippen LogP contribution in [-0.4, -0.2) is 15.3 Å². The van der Waals surface area contributed by atoms with Gasteiger partial charge in [-0.1, -0.05) is 31.4 Å². The number of aliphatic hydroxyl groups is 1. The molecule has 1 aromatic heterocycles. The first-order valence-electron chi connectivity index (χ1n) is 9.32. The topological polar surface area (TPSA) is 90.9 Å². The van der Waals surface area contributed by atoms with E-state index in [1.165, 1.54) is 24.6 Å². The SMILES string of the molecule is O=c1cc(-c2ccccc2O)oc2c(C3CCCCC3)c(CO)cc(O)c12. The highest BCUT2D eigenvalue weighted by Crippen LogP contribution is 2.42. The van der Waals surface area contributed by atoms with E-state index in [2.05, 4.69) is 0 Å². The maximum absolute atomic E-state index is 12.8. The van der Waals surface area contributed by atoms with Crippen molar-refractivity contribution in [3.8, 4) is 22.8 Å². The van der Waals surface area contributed by atoms with Crippen molar-refractivity contribution in [1.82, 2.24) is 0 Å². The van der Waals surface area contributed by atoms with Crippen molar-refractivity contribution in [2.75, 3.05) is 0 Å². The van der Waals surface area contributed by atoms with Gasteiger partial charge in [0.15, 0.2) is 5.43 Å². The van der Waals surface area contributed by atoms with Crippen LogP contribution in [0.25, 0.3) is 22.3 Å².